The molecule has 1 aromatic rings. The topological polar surface area (TPSA) is 53.4 Å². The number of nitrogens with one attached hydrogen (secondary N) is 1. The Balaban J connectivity index is 1.92. The molecule has 0 aliphatic carbocycles. The molecule has 2 aliphatic rings. The van der Waals surface area contributed by atoms with Gasteiger partial charge >= 0.3 is 0 Å². The molecule has 7 heteroatoms. The summed E-state index contributed by atoms with van der Waals surface area (Å²) >= 11 is 1.63. The highest BCUT2D eigenvalue weighted by atomic mass is 32.2. The van der Waals surface area contributed by atoms with Crippen molar-refractivity contribution in [2.45, 2.75) is 12.1 Å². The molecule has 19 heavy (non-hydrogen) atoms. The number of carbonyl (C=O) groups excluding carboxylic acids is 1. The lowest BCUT2D eigenvalue weighted by Crippen LogP contribution is -2.41. The molecule has 2 atom stereocenters. The average Bonchev–Trinajstić information content (AvgIpc) is 2.86. The van der Waals surface area contributed by atoms with Gasteiger partial charge in [0.1, 0.15) is 17.7 Å². The Bertz CT molecular complexity index is 546. The third kappa shape index (κ3) is 2.07. The molecular weight excluding hydrogens is 274 g/mol. The van der Waals surface area contributed by atoms with E-state index in [1.54, 1.807) is 11.8 Å². The minimum absolute atomic E-state index is 0.108. The van der Waals surface area contributed by atoms with Crippen molar-refractivity contribution in [3.63, 3.8) is 0 Å². The van der Waals surface area contributed by atoms with Crippen molar-refractivity contribution in [3.05, 3.63) is 35.4 Å². The van der Waals surface area contributed by atoms with Crippen LogP contribution in [-0.4, -0.2) is 40.5 Å². The van der Waals surface area contributed by atoms with Crippen molar-refractivity contribution >= 4 is 23.7 Å². The Labute approximate surface area is 112 Å². The average molecular weight is 284 g/mol. The second kappa shape index (κ2) is 4.48. The smallest absolute Gasteiger partial charge is 0.292 e. The summed E-state index contributed by atoms with van der Waals surface area (Å²) in [6.45, 7) is 0. The van der Waals surface area contributed by atoms with Crippen LogP contribution < -0.4 is 0 Å². The number of nitrogens with zero attached hydrogens (tertiary/aromatic N) is 1. The number of benzene rings is 1. The van der Waals surface area contributed by atoms with Crippen LogP contribution in [0.1, 0.15) is 10.4 Å². The summed E-state index contributed by atoms with van der Waals surface area (Å²) in [7, 11) is 0. The molecule has 4 nitrogen and oxygen atoms in total. The Hall–Kier alpha value is -1.63. The maximum atomic E-state index is 13.1. The Morgan fingerprint density at radius 1 is 1.32 bits per heavy atom. The summed E-state index contributed by atoms with van der Waals surface area (Å²) in [5, 5.41) is 7.68. The van der Waals surface area contributed by atoms with Crippen LogP contribution in [0.2, 0.25) is 0 Å². The lowest BCUT2D eigenvalue weighted by atomic mass is 10.1. The predicted molar refractivity (Wildman–Crippen MR) is 66.2 cm³/mol. The predicted octanol–water partition coefficient (Wildman–Crippen LogP) is 1.86. The highest BCUT2D eigenvalue weighted by Crippen LogP contribution is 2.32. The van der Waals surface area contributed by atoms with Gasteiger partial charge in [-0.2, -0.15) is 11.8 Å². The van der Waals surface area contributed by atoms with Crippen molar-refractivity contribution < 1.29 is 18.3 Å². The molecule has 0 spiro atoms. The summed E-state index contributed by atoms with van der Waals surface area (Å²) in [6.07, 6.45) is -0.195. The molecule has 0 bridgehead atoms. The maximum absolute atomic E-state index is 13.1. The molecule has 1 aromatic carbocycles. The normalized spacial score (nSPS) is 25.4. The summed E-state index contributed by atoms with van der Waals surface area (Å²) in [4.78, 5) is 13.4. The first-order valence-corrected chi connectivity index (χ1v) is 6.84. The number of thioether (sulfide) groups is 1. The molecule has 100 valence electrons. The van der Waals surface area contributed by atoms with Crippen LogP contribution >= 0.6 is 11.8 Å². The van der Waals surface area contributed by atoms with Gasteiger partial charge in [0.2, 0.25) is 0 Å². The van der Waals surface area contributed by atoms with E-state index < -0.39 is 17.5 Å². The van der Waals surface area contributed by atoms with Crippen molar-refractivity contribution in [3.8, 4) is 0 Å². The number of ether oxygens (including phenoxy) is 1. The lowest BCUT2D eigenvalue weighted by Gasteiger charge is -2.19. The van der Waals surface area contributed by atoms with Crippen LogP contribution in [0.15, 0.2) is 18.2 Å². The maximum Gasteiger partial charge on any atom is 0.292 e. The van der Waals surface area contributed by atoms with Gasteiger partial charge in [-0.15, -0.1) is 0 Å². The van der Waals surface area contributed by atoms with Crippen molar-refractivity contribution in [1.82, 2.24) is 4.90 Å². The number of amides is 1. The molecule has 2 saturated heterocycles. The van der Waals surface area contributed by atoms with E-state index in [-0.39, 0.29) is 23.7 Å². The van der Waals surface area contributed by atoms with Gasteiger partial charge in [0.25, 0.3) is 11.9 Å². The Morgan fingerprint density at radius 3 is 2.68 bits per heavy atom. The highest BCUT2D eigenvalue weighted by Gasteiger charge is 2.46. The zero-order valence-corrected chi connectivity index (χ0v) is 10.5. The summed E-state index contributed by atoms with van der Waals surface area (Å²) < 4.78 is 31.6. The van der Waals surface area contributed by atoms with E-state index in [9.17, 15) is 13.6 Å². The third-order valence-corrected chi connectivity index (χ3v) is 4.28. The largest absolute Gasteiger partial charge is 0.459 e. The number of rotatable bonds is 1. The van der Waals surface area contributed by atoms with Gasteiger partial charge in [-0.1, -0.05) is 0 Å². The van der Waals surface area contributed by atoms with Gasteiger partial charge in [0.05, 0.1) is 6.04 Å². The zero-order chi connectivity index (χ0) is 13.6. The van der Waals surface area contributed by atoms with E-state index >= 15 is 0 Å². The summed E-state index contributed by atoms with van der Waals surface area (Å²) in [5.74, 6) is -0.844. The minimum Gasteiger partial charge on any atom is -0.459 e. The molecule has 1 amide bonds. The van der Waals surface area contributed by atoms with Gasteiger partial charge in [-0.25, -0.2) is 8.78 Å². The Kier molecular flexibility index (Phi) is 2.93. The summed E-state index contributed by atoms with van der Waals surface area (Å²) in [6, 6.07) is 2.17. The van der Waals surface area contributed by atoms with E-state index in [1.165, 1.54) is 4.90 Å². The Morgan fingerprint density at radius 2 is 2.00 bits per heavy atom. The molecule has 2 fully saturated rings. The molecule has 2 heterocycles. The third-order valence-electron chi connectivity index (χ3n) is 3.14. The van der Waals surface area contributed by atoms with Crippen LogP contribution in [-0.2, 0) is 4.74 Å². The second-order valence-corrected chi connectivity index (χ2v) is 5.47. The number of amidine groups is 1. The van der Waals surface area contributed by atoms with Crippen LogP contribution in [0.4, 0.5) is 8.78 Å². The van der Waals surface area contributed by atoms with Crippen LogP contribution in [0.5, 0.6) is 0 Å². The van der Waals surface area contributed by atoms with Crippen molar-refractivity contribution in [2.24, 2.45) is 0 Å². The molecule has 1 N–H and O–H groups in total. The number of hydrogen-bond donors (Lipinski definition) is 1. The first-order valence-electron chi connectivity index (χ1n) is 5.69. The molecular formula is C12H10F2N2O2S. The van der Waals surface area contributed by atoms with E-state index in [2.05, 4.69) is 0 Å². The van der Waals surface area contributed by atoms with E-state index in [4.69, 9.17) is 10.1 Å². The van der Waals surface area contributed by atoms with Crippen LogP contribution in [0.3, 0.4) is 0 Å². The van der Waals surface area contributed by atoms with Crippen molar-refractivity contribution in [1.29, 1.82) is 5.41 Å². The van der Waals surface area contributed by atoms with Gasteiger partial charge in [0, 0.05) is 23.1 Å². The lowest BCUT2D eigenvalue weighted by molar-refractivity contribution is 0.0822. The molecule has 3 rings (SSSR count). The fourth-order valence-electron chi connectivity index (χ4n) is 2.29. The van der Waals surface area contributed by atoms with Crippen LogP contribution in [0, 0.1) is 17.0 Å². The first kappa shape index (κ1) is 12.4. The molecule has 2 aliphatic heterocycles. The standard InChI is InChI=1S/C12H10F2N2O2S/c13-7-1-6(2-8(14)3-7)11(17)16-9-4-19-5-10(9)18-12(16)15/h1-3,9-10,15H,4-5H2/t9-,10+/m0/s1. The molecule has 0 radical (unpaired) electrons. The number of hydrogen-bond acceptors (Lipinski definition) is 4. The van der Waals surface area contributed by atoms with E-state index in [0.717, 1.165) is 12.1 Å². The number of carbonyl (C=O) groups is 1. The SMILES string of the molecule is N=C1O[C@@H]2CSC[C@@H]2N1C(=O)c1cc(F)cc(F)c1. The van der Waals surface area contributed by atoms with Gasteiger partial charge < -0.3 is 4.74 Å². The van der Waals surface area contributed by atoms with Crippen molar-refractivity contribution in [2.75, 3.05) is 11.5 Å². The van der Waals surface area contributed by atoms with Gasteiger partial charge in [-0.3, -0.25) is 15.1 Å². The van der Waals surface area contributed by atoms with Gasteiger partial charge in [0.15, 0.2) is 0 Å². The molecule has 0 saturated carbocycles. The monoisotopic (exact) mass is 284 g/mol. The number of fused-ring (bicyclic) bond motifs is 1. The highest BCUT2D eigenvalue weighted by molar-refractivity contribution is 7.99. The molecule has 0 aromatic heterocycles. The fourth-order valence-corrected chi connectivity index (χ4v) is 3.55. The van der Waals surface area contributed by atoms with Crippen LogP contribution in [0.25, 0.3) is 0 Å². The first-order chi connectivity index (χ1) is 9.06. The fraction of sp³-hybridized carbons (Fsp3) is 0.333. The second-order valence-electron chi connectivity index (χ2n) is 4.40. The van der Waals surface area contributed by atoms with Gasteiger partial charge in [-0.05, 0) is 12.1 Å². The van der Waals surface area contributed by atoms with E-state index in [0.29, 0.717) is 17.6 Å². The zero-order valence-electron chi connectivity index (χ0n) is 9.73. The van der Waals surface area contributed by atoms with E-state index in [1.807, 2.05) is 0 Å². The molecule has 0 unspecified atom stereocenters. The summed E-state index contributed by atoms with van der Waals surface area (Å²) in [5.41, 5.74) is -0.108. The number of halogens is 2. The quantitative estimate of drug-likeness (QED) is 0.856. The minimum atomic E-state index is -0.813.